The van der Waals surface area contributed by atoms with Gasteiger partial charge in [-0.25, -0.2) is 9.78 Å². The Bertz CT molecular complexity index is 980. The van der Waals surface area contributed by atoms with Gasteiger partial charge < -0.3 is 14.1 Å². The molecule has 6 nitrogen and oxygen atoms in total. The Morgan fingerprint density at radius 1 is 1.04 bits per heavy atom. The highest BCUT2D eigenvalue weighted by atomic mass is 16.5. The molecule has 6 heteroatoms. The van der Waals surface area contributed by atoms with Gasteiger partial charge in [-0.2, -0.15) is 0 Å². The van der Waals surface area contributed by atoms with Crippen LogP contribution in [0.3, 0.4) is 0 Å². The van der Waals surface area contributed by atoms with Gasteiger partial charge >= 0.3 is 5.97 Å². The molecule has 0 spiro atoms. The molecule has 0 N–H and O–H groups in total. The van der Waals surface area contributed by atoms with E-state index in [1.807, 2.05) is 13.0 Å². The third-order valence-corrected chi connectivity index (χ3v) is 4.34. The van der Waals surface area contributed by atoms with Crippen LogP contribution in [0.1, 0.15) is 40.3 Å². The van der Waals surface area contributed by atoms with Crippen molar-refractivity contribution in [2.24, 2.45) is 0 Å². The molecule has 2 aromatic heterocycles. The maximum atomic E-state index is 13.2. The molecule has 0 aliphatic carbocycles. The smallest absolute Gasteiger partial charge is 0.340 e. The number of hydrogen-bond acceptors (Lipinski definition) is 5. The first-order chi connectivity index (χ1) is 13.6. The second kappa shape index (κ2) is 8.52. The molecule has 2 heterocycles. The number of rotatable bonds is 6. The van der Waals surface area contributed by atoms with Gasteiger partial charge in [0.1, 0.15) is 5.69 Å². The maximum Gasteiger partial charge on any atom is 0.340 e. The monoisotopic (exact) mass is 378 g/mol. The SMILES string of the molecule is CCOC(=O)c1ccccc1N(CC)C(=O)c1ccc(-c2ccco2)nc1C. The summed E-state index contributed by atoms with van der Waals surface area (Å²) in [4.78, 5) is 31.6. The highest BCUT2D eigenvalue weighted by Crippen LogP contribution is 2.25. The molecule has 28 heavy (non-hydrogen) atoms. The largest absolute Gasteiger partial charge is 0.463 e. The summed E-state index contributed by atoms with van der Waals surface area (Å²) >= 11 is 0. The van der Waals surface area contributed by atoms with E-state index in [2.05, 4.69) is 4.98 Å². The van der Waals surface area contributed by atoms with Gasteiger partial charge in [-0.1, -0.05) is 12.1 Å². The minimum absolute atomic E-state index is 0.227. The van der Waals surface area contributed by atoms with E-state index in [1.165, 1.54) is 0 Å². The Hall–Kier alpha value is -3.41. The molecule has 3 aromatic rings. The second-order valence-corrected chi connectivity index (χ2v) is 6.09. The quantitative estimate of drug-likeness (QED) is 0.591. The van der Waals surface area contributed by atoms with Crippen molar-refractivity contribution in [2.45, 2.75) is 20.8 Å². The van der Waals surface area contributed by atoms with Crippen LogP contribution in [-0.2, 0) is 4.74 Å². The number of nitrogens with zero attached hydrogens (tertiary/aromatic N) is 2. The first-order valence-corrected chi connectivity index (χ1v) is 9.16. The molecule has 0 saturated carbocycles. The Morgan fingerprint density at radius 3 is 2.46 bits per heavy atom. The number of aromatic nitrogens is 1. The third kappa shape index (κ3) is 3.81. The van der Waals surface area contributed by atoms with Crippen molar-refractivity contribution in [3.63, 3.8) is 0 Å². The molecule has 144 valence electrons. The molecule has 0 fully saturated rings. The molecule has 1 aromatic carbocycles. The van der Waals surface area contributed by atoms with Gasteiger partial charge in [0.25, 0.3) is 5.91 Å². The van der Waals surface area contributed by atoms with Crippen LogP contribution in [0.5, 0.6) is 0 Å². The van der Waals surface area contributed by atoms with Gasteiger partial charge in [0.15, 0.2) is 5.76 Å². The van der Waals surface area contributed by atoms with Gasteiger partial charge in [-0.05, 0) is 57.2 Å². The van der Waals surface area contributed by atoms with Gasteiger partial charge in [0.05, 0.1) is 35.4 Å². The van der Waals surface area contributed by atoms with Crippen molar-refractivity contribution in [3.05, 3.63) is 71.6 Å². The van der Waals surface area contributed by atoms with E-state index in [4.69, 9.17) is 9.15 Å². The number of anilines is 1. The lowest BCUT2D eigenvalue weighted by molar-refractivity contribution is 0.0527. The summed E-state index contributed by atoms with van der Waals surface area (Å²) in [5.74, 6) is -0.0373. The number of esters is 1. The molecule has 3 rings (SSSR count). The molecule has 0 bridgehead atoms. The van der Waals surface area contributed by atoms with E-state index in [9.17, 15) is 9.59 Å². The topological polar surface area (TPSA) is 72.6 Å². The molecule has 0 atom stereocenters. The summed E-state index contributed by atoms with van der Waals surface area (Å²) in [7, 11) is 0. The van der Waals surface area contributed by atoms with E-state index in [0.717, 1.165) is 0 Å². The van der Waals surface area contributed by atoms with Crippen molar-refractivity contribution in [1.82, 2.24) is 4.98 Å². The molecule has 0 radical (unpaired) electrons. The lowest BCUT2D eigenvalue weighted by atomic mass is 10.1. The van der Waals surface area contributed by atoms with Crippen LogP contribution in [0, 0.1) is 6.92 Å². The fourth-order valence-electron chi connectivity index (χ4n) is 3.01. The Labute approximate surface area is 163 Å². The van der Waals surface area contributed by atoms with E-state index in [-0.39, 0.29) is 12.5 Å². The van der Waals surface area contributed by atoms with Gasteiger partial charge in [0, 0.05) is 6.54 Å². The predicted molar refractivity (Wildman–Crippen MR) is 106 cm³/mol. The van der Waals surface area contributed by atoms with Crippen molar-refractivity contribution < 1.29 is 18.7 Å². The van der Waals surface area contributed by atoms with Crippen LogP contribution in [0.2, 0.25) is 0 Å². The zero-order valence-corrected chi connectivity index (χ0v) is 16.1. The second-order valence-electron chi connectivity index (χ2n) is 6.09. The van der Waals surface area contributed by atoms with Gasteiger partial charge in [-0.15, -0.1) is 0 Å². The van der Waals surface area contributed by atoms with Crippen molar-refractivity contribution >= 4 is 17.6 Å². The fraction of sp³-hybridized carbons (Fsp3) is 0.227. The summed E-state index contributed by atoms with van der Waals surface area (Å²) in [6, 6.07) is 14.0. The molecular formula is C22H22N2O4. The number of aryl methyl sites for hydroxylation is 1. The first kappa shape index (κ1) is 19.4. The lowest BCUT2D eigenvalue weighted by Crippen LogP contribution is -2.32. The molecule has 0 saturated heterocycles. The van der Waals surface area contributed by atoms with E-state index in [0.29, 0.717) is 40.5 Å². The number of benzene rings is 1. The number of carbonyl (C=O) groups is 2. The Morgan fingerprint density at radius 2 is 1.82 bits per heavy atom. The van der Waals surface area contributed by atoms with E-state index >= 15 is 0 Å². The fourth-order valence-corrected chi connectivity index (χ4v) is 3.01. The number of furan rings is 1. The maximum absolute atomic E-state index is 13.2. The van der Waals surface area contributed by atoms with Crippen LogP contribution in [0.25, 0.3) is 11.5 Å². The molecular weight excluding hydrogens is 356 g/mol. The standard InChI is InChI=1S/C22H22N2O4/c1-4-24(19-10-7-6-9-17(19)22(26)27-5-2)21(25)16-12-13-18(23-15(16)3)20-11-8-14-28-20/h6-14H,4-5H2,1-3H3. The molecule has 0 aliphatic rings. The third-order valence-electron chi connectivity index (χ3n) is 4.34. The van der Waals surface area contributed by atoms with Crippen LogP contribution in [-0.4, -0.2) is 30.0 Å². The van der Waals surface area contributed by atoms with Crippen LogP contribution < -0.4 is 4.90 Å². The summed E-state index contributed by atoms with van der Waals surface area (Å²) in [5.41, 5.74) is 2.59. The molecule has 0 aliphatic heterocycles. The van der Waals surface area contributed by atoms with E-state index < -0.39 is 5.97 Å². The van der Waals surface area contributed by atoms with Crippen molar-refractivity contribution in [1.29, 1.82) is 0 Å². The van der Waals surface area contributed by atoms with Crippen LogP contribution in [0.15, 0.2) is 59.2 Å². The number of hydrogen-bond donors (Lipinski definition) is 0. The summed E-state index contributed by atoms with van der Waals surface area (Å²) in [6.45, 7) is 6.06. The minimum Gasteiger partial charge on any atom is -0.463 e. The minimum atomic E-state index is -0.452. The zero-order valence-electron chi connectivity index (χ0n) is 16.1. The average molecular weight is 378 g/mol. The number of amides is 1. The van der Waals surface area contributed by atoms with Crippen molar-refractivity contribution in [2.75, 3.05) is 18.1 Å². The van der Waals surface area contributed by atoms with Crippen LogP contribution >= 0.6 is 0 Å². The highest BCUT2D eigenvalue weighted by molar-refractivity contribution is 6.10. The van der Waals surface area contributed by atoms with Gasteiger partial charge in [-0.3, -0.25) is 4.79 Å². The van der Waals surface area contributed by atoms with Crippen molar-refractivity contribution in [3.8, 4) is 11.5 Å². The summed E-state index contributed by atoms with van der Waals surface area (Å²) in [5, 5.41) is 0. The number of carbonyl (C=O) groups excluding carboxylic acids is 2. The Balaban J connectivity index is 1.96. The average Bonchev–Trinajstić information content (AvgIpc) is 3.24. The Kier molecular flexibility index (Phi) is 5.89. The first-order valence-electron chi connectivity index (χ1n) is 9.16. The zero-order chi connectivity index (χ0) is 20.1. The normalized spacial score (nSPS) is 10.5. The number of pyridine rings is 1. The highest BCUT2D eigenvalue weighted by Gasteiger charge is 2.24. The lowest BCUT2D eigenvalue weighted by Gasteiger charge is -2.24. The van der Waals surface area contributed by atoms with E-state index in [1.54, 1.807) is 67.5 Å². The number of ether oxygens (including phenoxy) is 1. The summed E-state index contributed by atoms with van der Waals surface area (Å²) in [6.07, 6.45) is 1.58. The number of para-hydroxylation sites is 1. The predicted octanol–water partition coefficient (Wildman–Crippen LogP) is 4.49. The summed E-state index contributed by atoms with van der Waals surface area (Å²) < 4.78 is 10.5. The molecule has 1 amide bonds. The van der Waals surface area contributed by atoms with Crippen LogP contribution in [0.4, 0.5) is 5.69 Å². The molecule has 0 unspecified atom stereocenters. The van der Waals surface area contributed by atoms with Gasteiger partial charge in [0.2, 0.25) is 0 Å².